The number of carbonyl (C=O) groups excluding carboxylic acids is 1. The molecule has 1 fully saturated rings. The zero-order chi connectivity index (χ0) is 21.8. The molecule has 1 saturated carbocycles. The molecule has 5 rings (SSSR count). The van der Waals surface area contributed by atoms with E-state index >= 15 is 0 Å². The summed E-state index contributed by atoms with van der Waals surface area (Å²) in [6.45, 7) is 1.96. The molecule has 1 radical (unpaired) electrons. The van der Waals surface area contributed by atoms with Crippen LogP contribution in [-0.4, -0.2) is 12.7 Å². The van der Waals surface area contributed by atoms with E-state index < -0.39 is 22.7 Å². The monoisotopic (exact) mass is 421 g/mol. The highest BCUT2D eigenvalue weighted by Gasteiger charge is 2.51. The maximum absolute atomic E-state index is 14.5. The predicted molar refractivity (Wildman–Crippen MR) is 111 cm³/mol. The summed E-state index contributed by atoms with van der Waals surface area (Å²) in [5.74, 6) is -0.694. The Labute approximate surface area is 177 Å². The first kappa shape index (κ1) is 19.4. The van der Waals surface area contributed by atoms with E-state index in [1.54, 1.807) is 25.1 Å². The third kappa shape index (κ3) is 3.17. The number of ether oxygens (including phenoxy) is 2. The number of hydrogen-bond donors (Lipinski definition) is 1. The van der Waals surface area contributed by atoms with E-state index in [4.69, 9.17) is 15.2 Å². The summed E-state index contributed by atoms with van der Waals surface area (Å²) in [6, 6.07) is 13.1. The average Bonchev–Trinajstić information content (AvgIpc) is 3.45. The molecule has 0 bridgehead atoms. The molecule has 0 saturated heterocycles. The average molecular weight is 421 g/mol. The lowest BCUT2D eigenvalue weighted by atomic mass is 9.94. The molecule has 7 heteroatoms. The minimum atomic E-state index is -0.925. The molecule has 3 aromatic rings. The summed E-state index contributed by atoms with van der Waals surface area (Å²) in [5, 5.41) is 2.94. The summed E-state index contributed by atoms with van der Waals surface area (Å²) in [5.41, 5.74) is 8.90. The van der Waals surface area contributed by atoms with Crippen LogP contribution in [-0.2, 0) is 10.2 Å². The maximum atomic E-state index is 14.5. The Balaban J connectivity index is 1.44. The lowest BCUT2D eigenvalue weighted by Crippen LogP contribution is -2.27. The van der Waals surface area contributed by atoms with Gasteiger partial charge in [-0.3, -0.25) is 10.5 Å². The van der Waals surface area contributed by atoms with E-state index in [1.165, 1.54) is 6.07 Å². The van der Waals surface area contributed by atoms with Crippen LogP contribution in [0.3, 0.4) is 0 Å². The molecule has 5 nitrogen and oxygen atoms in total. The molecule has 1 amide bonds. The normalized spacial score (nSPS) is 15.6. The first-order valence-electron chi connectivity index (χ1n) is 9.91. The third-order valence-corrected chi connectivity index (χ3v) is 5.99. The molecule has 157 valence electrons. The van der Waals surface area contributed by atoms with Gasteiger partial charge >= 0.3 is 0 Å². The molecule has 1 aliphatic carbocycles. The molecule has 2 N–H and O–H groups in total. The predicted octanol–water partition coefficient (Wildman–Crippen LogP) is 5.25. The van der Waals surface area contributed by atoms with Gasteiger partial charge in [0.15, 0.2) is 23.1 Å². The van der Waals surface area contributed by atoms with Crippen molar-refractivity contribution in [3.8, 4) is 22.6 Å². The van der Waals surface area contributed by atoms with Gasteiger partial charge in [-0.25, -0.2) is 8.78 Å². The summed E-state index contributed by atoms with van der Waals surface area (Å²) in [6.07, 6.45) is 1.43. The Morgan fingerprint density at radius 2 is 1.77 bits per heavy atom. The van der Waals surface area contributed by atoms with E-state index in [2.05, 4.69) is 5.32 Å². The van der Waals surface area contributed by atoms with Crippen LogP contribution in [0.1, 0.15) is 24.0 Å². The summed E-state index contributed by atoms with van der Waals surface area (Å²) < 4.78 is 38.8. The van der Waals surface area contributed by atoms with Crippen LogP contribution in [0.5, 0.6) is 11.5 Å². The molecule has 31 heavy (non-hydrogen) atoms. The number of halogens is 2. The fraction of sp³-hybridized carbons (Fsp3) is 0.208. The molecule has 0 aromatic heterocycles. The minimum absolute atomic E-state index is 0.122. The Morgan fingerprint density at radius 3 is 2.55 bits per heavy atom. The fourth-order valence-electron chi connectivity index (χ4n) is 3.97. The number of amides is 1. The van der Waals surface area contributed by atoms with Crippen molar-refractivity contribution in [1.29, 1.82) is 0 Å². The van der Waals surface area contributed by atoms with Crippen molar-refractivity contribution < 1.29 is 23.0 Å². The van der Waals surface area contributed by atoms with Crippen LogP contribution < -0.4 is 20.5 Å². The van der Waals surface area contributed by atoms with Gasteiger partial charge in [-0.2, -0.15) is 0 Å². The molecular weight excluding hydrogens is 402 g/mol. The second-order valence-corrected chi connectivity index (χ2v) is 7.92. The van der Waals surface area contributed by atoms with Crippen LogP contribution in [0.4, 0.5) is 20.2 Å². The number of carbonyl (C=O) groups is 1. The van der Waals surface area contributed by atoms with Crippen molar-refractivity contribution in [2.75, 3.05) is 12.1 Å². The van der Waals surface area contributed by atoms with Gasteiger partial charge in [0.1, 0.15) is 5.69 Å². The zero-order valence-corrected chi connectivity index (χ0v) is 16.7. The van der Waals surface area contributed by atoms with Crippen molar-refractivity contribution in [3.63, 3.8) is 0 Å². The number of rotatable bonds is 4. The summed E-state index contributed by atoms with van der Waals surface area (Å²) in [7, 11) is 0. The van der Waals surface area contributed by atoms with Crippen LogP contribution in [0.15, 0.2) is 48.5 Å². The number of aryl methyl sites for hydroxylation is 1. The standard InChI is InChI=1S/C24H19F2N2O3/c1-13-2-4-15(11-17(13)16-5-6-18(25)22(27)21(16)26)28-23(29)24(8-9-24)14-3-7-19-20(10-14)31-12-30-19/h2-7,10-11,27H,8-9,12H2,1H3,(H,28,29). The molecule has 1 heterocycles. The van der Waals surface area contributed by atoms with E-state index in [0.717, 1.165) is 17.2 Å². The third-order valence-electron chi connectivity index (χ3n) is 5.99. The maximum Gasteiger partial charge on any atom is 0.235 e. The largest absolute Gasteiger partial charge is 0.454 e. The quantitative estimate of drug-likeness (QED) is 0.625. The van der Waals surface area contributed by atoms with Gasteiger partial charge < -0.3 is 14.8 Å². The van der Waals surface area contributed by atoms with E-state index in [9.17, 15) is 13.6 Å². The fourth-order valence-corrected chi connectivity index (χ4v) is 3.97. The van der Waals surface area contributed by atoms with Crippen molar-refractivity contribution in [1.82, 2.24) is 5.73 Å². The molecular formula is C24H19F2N2O3. The smallest absolute Gasteiger partial charge is 0.235 e. The highest BCUT2D eigenvalue weighted by Crippen LogP contribution is 2.51. The Morgan fingerprint density at radius 1 is 1.00 bits per heavy atom. The Hall–Kier alpha value is -3.61. The Bertz CT molecular complexity index is 1220. The molecule has 0 spiro atoms. The highest BCUT2D eigenvalue weighted by atomic mass is 19.1. The minimum Gasteiger partial charge on any atom is -0.454 e. The van der Waals surface area contributed by atoms with Crippen LogP contribution in [0, 0.1) is 18.6 Å². The summed E-state index contributed by atoms with van der Waals surface area (Å²) >= 11 is 0. The zero-order valence-electron chi connectivity index (χ0n) is 16.7. The first-order valence-corrected chi connectivity index (χ1v) is 9.91. The second kappa shape index (κ2) is 6.97. The highest BCUT2D eigenvalue weighted by molar-refractivity contribution is 6.02. The van der Waals surface area contributed by atoms with Gasteiger partial charge in [-0.1, -0.05) is 12.1 Å². The molecule has 1 aliphatic heterocycles. The topological polar surface area (TPSA) is 71.4 Å². The molecule has 0 atom stereocenters. The van der Waals surface area contributed by atoms with Crippen molar-refractivity contribution >= 4 is 17.3 Å². The lowest BCUT2D eigenvalue weighted by Gasteiger charge is -2.17. The SMILES string of the molecule is Cc1ccc(NC(=O)C2(c3ccc4c(c3)OCO4)CC2)cc1-c1ccc(F)c([NH])c1F. The summed E-state index contributed by atoms with van der Waals surface area (Å²) in [4.78, 5) is 13.2. The van der Waals surface area contributed by atoms with E-state index in [1.807, 2.05) is 18.2 Å². The van der Waals surface area contributed by atoms with Crippen molar-refractivity contribution in [3.05, 3.63) is 71.3 Å². The molecule has 0 unspecified atom stereocenters. The Kier molecular flexibility index (Phi) is 4.36. The van der Waals surface area contributed by atoms with E-state index in [-0.39, 0.29) is 18.3 Å². The van der Waals surface area contributed by atoms with Gasteiger partial charge in [0.25, 0.3) is 0 Å². The van der Waals surface area contributed by atoms with Gasteiger partial charge in [0.2, 0.25) is 12.7 Å². The number of nitrogens with one attached hydrogen (secondary N) is 2. The number of benzene rings is 3. The molecule has 3 aromatic carbocycles. The number of anilines is 1. The van der Waals surface area contributed by atoms with Gasteiger partial charge in [0.05, 0.1) is 5.41 Å². The molecule has 2 aliphatic rings. The number of fused-ring (bicyclic) bond motifs is 1. The lowest BCUT2D eigenvalue weighted by molar-refractivity contribution is -0.118. The number of hydrogen-bond acceptors (Lipinski definition) is 3. The van der Waals surface area contributed by atoms with Gasteiger partial charge in [-0.05, 0) is 72.9 Å². The van der Waals surface area contributed by atoms with Crippen LogP contribution in [0.2, 0.25) is 0 Å². The second-order valence-electron chi connectivity index (χ2n) is 7.92. The van der Waals surface area contributed by atoms with Gasteiger partial charge in [-0.15, -0.1) is 0 Å². The first-order chi connectivity index (χ1) is 14.9. The van der Waals surface area contributed by atoms with Crippen molar-refractivity contribution in [2.24, 2.45) is 0 Å². The van der Waals surface area contributed by atoms with E-state index in [0.29, 0.717) is 35.6 Å². The van der Waals surface area contributed by atoms with Crippen LogP contribution in [0.25, 0.3) is 11.1 Å². The van der Waals surface area contributed by atoms with Crippen LogP contribution >= 0.6 is 0 Å². The van der Waals surface area contributed by atoms with Crippen molar-refractivity contribution in [2.45, 2.75) is 25.2 Å². The van der Waals surface area contributed by atoms with Gasteiger partial charge in [0, 0.05) is 11.3 Å².